The third kappa shape index (κ3) is 4.29. The molecule has 5 rings (SSSR count). The number of nitrogens with one attached hydrogen (secondary N) is 1. The molecule has 5 nitrogen and oxygen atoms in total. The number of ether oxygens (including phenoxy) is 2. The zero-order chi connectivity index (χ0) is 22.8. The summed E-state index contributed by atoms with van der Waals surface area (Å²) in [4.78, 5) is 8.07. The van der Waals surface area contributed by atoms with E-state index < -0.39 is 0 Å². The van der Waals surface area contributed by atoms with Gasteiger partial charge in [-0.15, -0.1) is 11.3 Å². The van der Waals surface area contributed by atoms with Gasteiger partial charge in [0.2, 0.25) is 0 Å². The molecule has 2 aromatic carbocycles. The van der Waals surface area contributed by atoms with E-state index in [0.29, 0.717) is 5.11 Å². The highest BCUT2D eigenvalue weighted by Crippen LogP contribution is 2.44. The van der Waals surface area contributed by atoms with Crippen LogP contribution in [-0.4, -0.2) is 17.2 Å². The van der Waals surface area contributed by atoms with Crippen LogP contribution in [-0.2, 0) is 0 Å². The molecular weight excluding hydrogens is 450 g/mol. The molecule has 0 radical (unpaired) electrons. The van der Waals surface area contributed by atoms with Crippen molar-refractivity contribution in [3.63, 3.8) is 0 Å². The number of hydrogen-bond donors (Lipinski definition) is 1. The monoisotopic (exact) mass is 473 g/mol. The van der Waals surface area contributed by atoms with Gasteiger partial charge in [-0.3, -0.25) is 4.98 Å². The van der Waals surface area contributed by atoms with Crippen molar-refractivity contribution in [3.8, 4) is 17.2 Å². The minimum absolute atomic E-state index is 0.0146. The molecule has 2 aromatic heterocycles. The molecule has 1 saturated heterocycles. The second-order valence-corrected chi connectivity index (χ2v) is 9.07. The van der Waals surface area contributed by atoms with Gasteiger partial charge in [0, 0.05) is 16.8 Å². The molecule has 2 atom stereocenters. The second kappa shape index (κ2) is 9.21. The quantitative estimate of drug-likeness (QED) is 0.326. The Morgan fingerprint density at radius 2 is 1.64 bits per heavy atom. The summed E-state index contributed by atoms with van der Waals surface area (Å²) in [5, 5.41) is 6.33. The van der Waals surface area contributed by atoms with Crippen molar-refractivity contribution >= 4 is 34.4 Å². The Labute approximate surface area is 202 Å². The lowest BCUT2D eigenvalue weighted by Gasteiger charge is -2.27. The van der Waals surface area contributed by atoms with Gasteiger partial charge in [0.05, 0.1) is 24.9 Å². The Hall–Kier alpha value is -3.42. The third-order valence-corrected chi connectivity index (χ3v) is 7.08. The standard InChI is InChI=1S/C26H23N3O2S2/c1-17-14-16-33-25(17)24-23(22-5-3-4-15-27-22)28-26(32)29(24)18-6-8-20(9-7-18)31-21-12-10-19(30-2)11-13-21/h3-16,23-24H,1-2H3,(H,28,32)/t23-,24+/m1/s1. The predicted molar refractivity (Wildman–Crippen MR) is 136 cm³/mol. The van der Waals surface area contributed by atoms with Crippen LogP contribution in [0.4, 0.5) is 5.69 Å². The maximum atomic E-state index is 6.00. The Balaban J connectivity index is 1.45. The maximum Gasteiger partial charge on any atom is 0.174 e. The molecule has 0 amide bonds. The normalized spacial score (nSPS) is 17.6. The number of thiocarbonyl (C=S) groups is 1. The van der Waals surface area contributed by atoms with Gasteiger partial charge in [-0.25, -0.2) is 0 Å². The topological polar surface area (TPSA) is 46.6 Å². The van der Waals surface area contributed by atoms with Gasteiger partial charge in [0.15, 0.2) is 5.11 Å². The van der Waals surface area contributed by atoms with Gasteiger partial charge in [-0.2, -0.15) is 0 Å². The number of aromatic nitrogens is 1. The van der Waals surface area contributed by atoms with Crippen molar-refractivity contribution < 1.29 is 9.47 Å². The predicted octanol–water partition coefficient (Wildman–Crippen LogP) is 6.43. The summed E-state index contributed by atoms with van der Waals surface area (Å²) in [6.07, 6.45) is 1.83. The third-order valence-electron chi connectivity index (χ3n) is 5.68. The average Bonchev–Trinajstić information content (AvgIpc) is 3.43. The number of anilines is 1. The average molecular weight is 474 g/mol. The van der Waals surface area contributed by atoms with Crippen molar-refractivity contribution in [2.24, 2.45) is 0 Å². The van der Waals surface area contributed by atoms with Crippen LogP contribution in [0.15, 0.2) is 84.4 Å². The fourth-order valence-electron chi connectivity index (χ4n) is 4.04. The Bertz CT molecular complexity index is 1240. The smallest absolute Gasteiger partial charge is 0.174 e. The van der Waals surface area contributed by atoms with E-state index in [-0.39, 0.29) is 12.1 Å². The minimum atomic E-state index is -0.0359. The van der Waals surface area contributed by atoms with E-state index in [4.69, 9.17) is 21.7 Å². The molecule has 7 heteroatoms. The summed E-state index contributed by atoms with van der Waals surface area (Å²) < 4.78 is 11.2. The van der Waals surface area contributed by atoms with Crippen LogP contribution in [0, 0.1) is 6.92 Å². The van der Waals surface area contributed by atoms with Crippen molar-refractivity contribution in [2.75, 3.05) is 12.0 Å². The van der Waals surface area contributed by atoms with E-state index in [1.165, 1.54) is 10.4 Å². The fraction of sp³-hybridized carbons (Fsp3) is 0.154. The van der Waals surface area contributed by atoms with Gasteiger partial charge >= 0.3 is 0 Å². The van der Waals surface area contributed by atoms with Crippen molar-refractivity contribution in [1.29, 1.82) is 0 Å². The van der Waals surface area contributed by atoms with Crippen LogP contribution in [0.3, 0.4) is 0 Å². The van der Waals surface area contributed by atoms with Gasteiger partial charge in [-0.1, -0.05) is 6.07 Å². The fourth-order valence-corrected chi connectivity index (χ4v) is 5.44. The summed E-state index contributed by atoms with van der Waals surface area (Å²) in [6, 6.07) is 23.7. The van der Waals surface area contributed by atoms with Gasteiger partial charge < -0.3 is 19.7 Å². The van der Waals surface area contributed by atoms with E-state index in [2.05, 4.69) is 33.6 Å². The van der Waals surface area contributed by atoms with Crippen LogP contribution in [0.2, 0.25) is 0 Å². The summed E-state index contributed by atoms with van der Waals surface area (Å²) in [6.45, 7) is 2.15. The second-order valence-electron chi connectivity index (χ2n) is 7.74. The molecule has 0 bridgehead atoms. The molecule has 0 saturated carbocycles. The van der Waals surface area contributed by atoms with Crippen molar-refractivity contribution in [1.82, 2.24) is 10.3 Å². The molecule has 0 spiro atoms. The molecule has 1 N–H and O–H groups in total. The van der Waals surface area contributed by atoms with Gasteiger partial charge in [0.25, 0.3) is 0 Å². The van der Waals surface area contributed by atoms with E-state index in [9.17, 15) is 0 Å². The molecule has 1 aliphatic heterocycles. The van der Waals surface area contributed by atoms with Crippen LogP contribution < -0.4 is 19.7 Å². The van der Waals surface area contributed by atoms with Crippen LogP contribution in [0.25, 0.3) is 0 Å². The lowest BCUT2D eigenvalue weighted by atomic mass is 10.0. The number of aryl methyl sites for hydroxylation is 1. The number of nitrogens with zero attached hydrogens (tertiary/aromatic N) is 2. The zero-order valence-electron chi connectivity index (χ0n) is 18.3. The summed E-state index contributed by atoms with van der Waals surface area (Å²) in [7, 11) is 1.65. The van der Waals surface area contributed by atoms with Crippen molar-refractivity contribution in [3.05, 3.63) is 101 Å². The maximum absolute atomic E-state index is 6.00. The number of benzene rings is 2. The molecule has 33 heavy (non-hydrogen) atoms. The highest BCUT2D eigenvalue weighted by atomic mass is 32.1. The first-order chi connectivity index (χ1) is 16.1. The van der Waals surface area contributed by atoms with E-state index in [0.717, 1.165) is 28.6 Å². The molecule has 1 aliphatic rings. The Morgan fingerprint density at radius 1 is 0.939 bits per heavy atom. The lowest BCUT2D eigenvalue weighted by molar-refractivity contribution is 0.413. The van der Waals surface area contributed by atoms with Crippen molar-refractivity contribution in [2.45, 2.75) is 19.0 Å². The first-order valence-electron chi connectivity index (χ1n) is 10.6. The summed E-state index contributed by atoms with van der Waals surface area (Å²) in [5.41, 5.74) is 3.23. The first-order valence-corrected chi connectivity index (χ1v) is 11.9. The van der Waals surface area contributed by atoms with E-state index >= 15 is 0 Å². The molecule has 1 fully saturated rings. The number of thiophene rings is 1. The lowest BCUT2D eigenvalue weighted by Crippen LogP contribution is -2.29. The number of hydrogen-bond acceptors (Lipinski definition) is 5. The first kappa shape index (κ1) is 21.4. The van der Waals surface area contributed by atoms with E-state index in [1.807, 2.05) is 72.9 Å². The van der Waals surface area contributed by atoms with Crippen LogP contribution in [0.1, 0.15) is 28.2 Å². The van der Waals surface area contributed by atoms with Gasteiger partial charge in [0.1, 0.15) is 17.2 Å². The van der Waals surface area contributed by atoms with E-state index in [1.54, 1.807) is 18.4 Å². The molecular formula is C26H23N3O2S2. The SMILES string of the molecule is COc1ccc(Oc2ccc(N3C(=S)N[C@H](c4ccccn4)[C@H]3c3sccc3C)cc2)cc1. The minimum Gasteiger partial charge on any atom is -0.497 e. The number of rotatable bonds is 6. The Morgan fingerprint density at radius 3 is 2.24 bits per heavy atom. The number of pyridine rings is 1. The molecule has 4 aromatic rings. The largest absolute Gasteiger partial charge is 0.497 e. The highest BCUT2D eigenvalue weighted by Gasteiger charge is 2.41. The van der Waals surface area contributed by atoms with Gasteiger partial charge in [-0.05, 0) is 96.8 Å². The summed E-state index contributed by atoms with van der Waals surface area (Å²) in [5.74, 6) is 2.31. The Kier molecular flexibility index (Phi) is 5.98. The van der Waals surface area contributed by atoms with Crippen LogP contribution in [0.5, 0.6) is 17.2 Å². The van der Waals surface area contributed by atoms with Crippen LogP contribution >= 0.6 is 23.6 Å². The summed E-state index contributed by atoms with van der Waals surface area (Å²) >= 11 is 7.55. The molecule has 0 unspecified atom stereocenters. The molecule has 0 aliphatic carbocycles. The number of methoxy groups -OCH3 is 1. The zero-order valence-corrected chi connectivity index (χ0v) is 19.9. The molecule has 166 valence electrons. The molecule has 3 heterocycles. The highest BCUT2D eigenvalue weighted by molar-refractivity contribution is 7.80.